The fourth-order valence-electron chi connectivity index (χ4n) is 3.65. The molecule has 0 bridgehead atoms. The first-order valence-corrected chi connectivity index (χ1v) is 19.2. The van der Waals surface area contributed by atoms with Gasteiger partial charge in [-0.1, -0.05) is 261 Å². The Labute approximate surface area is 313 Å². The van der Waals surface area contributed by atoms with Crippen molar-refractivity contribution < 1.29 is 0 Å². The van der Waals surface area contributed by atoms with E-state index < -0.39 is 0 Å². The van der Waals surface area contributed by atoms with Crippen molar-refractivity contribution in [2.24, 2.45) is 5.92 Å². The molecule has 0 atom stereocenters. The molecule has 0 radical (unpaired) electrons. The van der Waals surface area contributed by atoms with E-state index in [2.05, 4.69) is 186 Å². The number of hydrogen-bond acceptors (Lipinski definition) is 0. The van der Waals surface area contributed by atoms with Crippen LogP contribution in [0.5, 0.6) is 0 Å². The normalized spacial score (nSPS) is 8.70. The predicted molar refractivity (Wildman–Crippen MR) is 237 cm³/mol. The van der Waals surface area contributed by atoms with Gasteiger partial charge in [-0.05, 0) is 54.2 Å². The lowest BCUT2D eigenvalue weighted by Gasteiger charge is -2.00. The number of fused-ring (bicyclic) bond motifs is 1. The molecule has 5 aromatic carbocycles. The monoisotopic (exact) mass is 681 g/mol. The second-order valence-corrected chi connectivity index (χ2v) is 12.5. The first-order chi connectivity index (χ1) is 23.6. The van der Waals surface area contributed by atoms with Gasteiger partial charge in [-0.25, -0.2) is 0 Å². The zero-order valence-electron chi connectivity index (χ0n) is 34.4. The van der Waals surface area contributed by atoms with Crippen LogP contribution in [0, 0.1) is 26.7 Å². The summed E-state index contributed by atoms with van der Waals surface area (Å²) in [6.45, 7) is 29.9. The van der Waals surface area contributed by atoms with Gasteiger partial charge in [0.1, 0.15) is 0 Å². The molecule has 0 fully saturated rings. The van der Waals surface area contributed by atoms with Crippen LogP contribution in [-0.4, -0.2) is 0 Å². The number of benzene rings is 5. The molecule has 0 heterocycles. The first kappa shape index (κ1) is 53.2. The average Bonchev–Trinajstić information content (AvgIpc) is 3.12. The smallest absolute Gasteiger partial charge is 0.0155 e. The topological polar surface area (TPSA) is 0 Å². The van der Waals surface area contributed by atoms with Crippen molar-refractivity contribution in [3.05, 3.63) is 144 Å². The second-order valence-electron chi connectivity index (χ2n) is 12.5. The lowest BCUT2D eigenvalue weighted by Crippen LogP contribution is -1.76. The molecule has 0 unspecified atom stereocenters. The molecular weight excluding hydrogens is 601 g/mol. The highest BCUT2D eigenvalue weighted by molar-refractivity contribution is 5.85. The first-order valence-electron chi connectivity index (χ1n) is 19.2. The molecule has 0 aliphatic rings. The lowest BCUT2D eigenvalue weighted by molar-refractivity contribution is 0.737. The highest BCUT2D eigenvalue weighted by Gasteiger charge is 1.94. The van der Waals surface area contributed by atoms with E-state index in [1.807, 2.05) is 38.1 Å². The Hall–Kier alpha value is -3.64. The molecule has 50 heavy (non-hydrogen) atoms. The SMILES string of the molecule is C.CC.CC(C)C.CCC.CCCC.CCCCC.Cc1ccc(-c2ccccc2)cc1.Cc1cccc2ccccc12.Cc1ccccc1. The van der Waals surface area contributed by atoms with Crippen molar-refractivity contribution in [3.63, 3.8) is 0 Å². The van der Waals surface area contributed by atoms with Gasteiger partial charge < -0.3 is 0 Å². The molecule has 5 aromatic rings. The van der Waals surface area contributed by atoms with Gasteiger partial charge in [0.25, 0.3) is 0 Å². The van der Waals surface area contributed by atoms with E-state index in [0.29, 0.717) is 0 Å². The quantitative estimate of drug-likeness (QED) is 0.177. The van der Waals surface area contributed by atoms with Crippen LogP contribution in [0.15, 0.2) is 127 Å². The van der Waals surface area contributed by atoms with E-state index in [9.17, 15) is 0 Å². The number of unbranched alkanes of at least 4 members (excludes halogenated alkanes) is 3. The maximum absolute atomic E-state index is 2.21. The highest BCUT2D eigenvalue weighted by Crippen LogP contribution is 2.19. The lowest BCUT2D eigenvalue weighted by atomic mass is 10.0. The van der Waals surface area contributed by atoms with Crippen molar-refractivity contribution in [1.29, 1.82) is 0 Å². The van der Waals surface area contributed by atoms with Crippen molar-refractivity contribution in [1.82, 2.24) is 0 Å². The third kappa shape index (κ3) is 32.9. The molecule has 0 saturated carbocycles. The Bertz CT molecular complexity index is 1300. The summed E-state index contributed by atoms with van der Waals surface area (Å²) in [4.78, 5) is 0. The third-order valence-electron chi connectivity index (χ3n) is 6.31. The molecule has 0 aliphatic carbocycles. The van der Waals surface area contributed by atoms with Crippen LogP contribution in [0.4, 0.5) is 0 Å². The summed E-state index contributed by atoms with van der Waals surface area (Å²) in [6, 6.07) is 44.1. The molecular formula is C50H80. The molecule has 0 aliphatic heterocycles. The highest BCUT2D eigenvalue weighted by atomic mass is 14.0. The van der Waals surface area contributed by atoms with Gasteiger partial charge in [0.05, 0.1) is 0 Å². The van der Waals surface area contributed by atoms with E-state index in [0.717, 1.165) is 5.92 Å². The molecule has 0 nitrogen and oxygen atoms in total. The van der Waals surface area contributed by atoms with Gasteiger partial charge >= 0.3 is 0 Å². The fraction of sp³-hybridized carbons (Fsp3) is 0.440. The summed E-state index contributed by atoms with van der Waals surface area (Å²) >= 11 is 0. The minimum absolute atomic E-state index is 0. The molecule has 280 valence electrons. The minimum Gasteiger partial charge on any atom is -0.0776 e. The third-order valence-corrected chi connectivity index (χ3v) is 6.31. The number of hydrogen-bond donors (Lipinski definition) is 0. The Morgan fingerprint density at radius 2 is 0.780 bits per heavy atom. The van der Waals surface area contributed by atoms with E-state index in [4.69, 9.17) is 0 Å². The van der Waals surface area contributed by atoms with Gasteiger partial charge in [-0.15, -0.1) is 0 Å². The van der Waals surface area contributed by atoms with Gasteiger partial charge in [0, 0.05) is 0 Å². The zero-order valence-corrected chi connectivity index (χ0v) is 34.4. The summed E-state index contributed by atoms with van der Waals surface area (Å²) in [6.07, 6.45) is 7.97. The van der Waals surface area contributed by atoms with E-state index in [1.165, 1.54) is 77.1 Å². The van der Waals surface area contributed by atoms with Gasteiger partial charge in [-0.3, -0.25) is 0 Å². The van der Waals surface area contributed by atoms with Crippen LogP contribution >= 0.6 is 0 Å². The van der Waals surface area contributed by atoms with Crippen LogP contribution in [0.3, 0.4) is 0 Å². The van der Waals surface area contributed by atoms with Crippen molar-refractivity contribution >= 4 is 10.8 Å². The summed E-state index contributed by atoms with van der Waals surface area (Å²) in [5.74, 6) is 0.833. The Balaban J connectivity index is -0.000000260. The maximum atomic E-state index is 2.21. The minimum atomic E-state index is 0. The van der Waals surface area contributed by atoms with Crippen LogP contribution in [-0.2, 0) is 0 Å². The number of aryl methyl sites for hydroxylation is 3. The molecule has 0 aromatic heterocycles. The van der Waals surface area contributed by atoms with Gasteiger partial charge in [0.15, 0.2) is 0 Å². The van der Waals surface area contributed by atoms with Crippen LogP contribution in [0.2, 0.25) is 0 Å². The largest absolute Gasteiger partial charge is 0.0776 e. The molecule has 0 heteroatoms. The summed E-state index contributed by atoms with van der Waals surface area (Å²) < 4.78 is 0. The molecule has 0 saturated heterocycles. The summed E-state index contributed by atoms with van der Waals surface area (Å²) in [5.41, 5.74) is 6.54. The van der Waals surface area contributed by atoms with Crippen LogP contribution in [0.25, 0.3) is 21.9 Å². The molecule has 0 amide bonds. The standard InChI is InChI=1S/C13H12.C11H10.C7H8.C5H12.2C4H10.C3H8.C2H6.CH4/c1-11-7-9-13(10-8-11)12-5-3-2-4-6-12;1-9-5-4-7-10-6-2-3-8-11(9)10;1-7-5-3-2-4-6-7;1-3-5-4-2;1-4(2)3;1-3-4-2;1-3-2;1-2;/h2-10H,1H3;2-8H,1H3;2-6H,1H3;3-5H2,1-2H3;4H,1-3H3;3-4H2,1-2H3;3H2,1-2H3;1-2H3;1H4. The van der Waals surface area contributed by atoms with Crippen molar-refractivity contribution in [2.45, 2.75) is 143 Å². The molecule has 5 rings (SSSR count). The summed E-state index contributed by atoms with van der Waals surface area (Å²) in [5, 5.41) is 2.68. The average molecular weight is 681 g/mol. The van der Waals surface area contributed by atoms with E-state index in [1.54, 1.807) is 0 Å². The van der Waals surface area contributed by atoms with E-state index in [-0.39, 0.29) is 7.43 Å². The van der Waals surface area contributed by atoms with Gasteiger partial charge in [0.2, 0.25) is 0 Å². The van der Waals surface area contributed by atoms with Crippen LogP contribution < -0.4 is 0 Å². The Kier molecular flexibility index (Phi) is 42.3. The Morgan fingerprint density at radius 3 is 1.14 bits per heavy atom. The molecule has 0 spiro atoms. The fourth-order valence-corrected chi connectivity index (χ4v) is 3.65. The maximum Gasteiger partial charge on any atom is -0.0155 e. The Morgan fingerprint density at radius 1 is 0.420 bits per heavy atom. The molecule has 0 N–H and O–H groups in total. The van der Waals surface area contributed by atoms with E-state index >= 15 is 0 Å². The predicted octanol–water partition coefficient (Wildman–Crippen LogP) is 17.5. The van der Waals surface area contributed by atoms with Gasteiger partial charge in [-0.2, -0.15) is 0 Å². The zero-order chi connectivity index (χ0) is 37.7. The summed E-state index contributed by atoms with van der Waals surface area (Å²) in [7, 11) is 0. The second kappa shape index (κ2) is 39.8. The van der Waals surface area contributed by atoms with Crippen LogP contribution in [0.1, 0.15) is 139 Å². The van der Waals surface area contributed by atoms with Crippen molar-refractivity contribution in [3.8, 4) is 11.1 Å². The number of rotatable bonds is 4. The van der Waals surface area contributed by atoms with Crippen molar-refractivity contribution in [2.75, 3.05) is 0 Å².